The number of quaternary nitrogens is 1. The van der Waals surface area contributed by atoms with E-state index in [-0.39, 0.29) is 11.9 Å². The molecule has 0 heterocycles. The SMILES string of the molecule is C[C@H]([NH3+])c1cccc(F)c1. The Morgan fingerprint density at radius 2 is 2.20 bits per heavy atom. The molecule has 1 atom stereocenters. The highest BCUT2D eigenvalue weighted by Gasteiger charge is 2.01. The fourth-order valence-electron chi connectivity index (χ4n) is 0.813. The van der Waals surface area contributed by atoms with E-state index in [0.29, 0.717) is 0 Å². The summed E-state index contributed by atoms with van der Waals surface area (Å²) in [7, 11) is 0. The van der Waals surface area contributed by atoms with Crippen LogP contribution in [-0.2, 0) is 0 Å². The summed E-state index contributed by atoms with van der Waals surface area (Å²) in [5.74, 6) is -0.187. The van der Waals surface area contributed by atoms with Crippen molar-refractivity contribution in [1.29, 1.82) is 0 Å². The number of rotatable bonds is 1. The lowest BCUT2D eigenvalue weighted by Crippen LogP contribution is -2.51. The molecular formula is C8H11FN+. The van der Waals surface area contributed by atoms with Gasteiger partial charge in [-0.25, -0.2) is 4.39 Å². The van der Waals surface area contributed by atoms with Crippen LogP contribution < -0.4 is 5.73 Å². The van der Waals surface area contributed by atoms with Crippen LogP contribution in [0.1, 0.15) is 18.5 Å². The van der Waals surface area contributed by atoms with Crippen molar-refractivity contribution in [2.45, 2.75) is 13.0 Å². The summed E-state index contributed by atoms with van der Waals surface area (Å²) in [6.07, 6.45) is 0. The van der Waals surface area contributed by atoms with E-state index >= 15 is 0 Å². The molecule has 0 aliphatic heterocycles. The van der Waals surface area contributed by atoms with Crippen LogP contribution in [0.5, 0.6) is 0 Å². The summed E-state index contributed by atoms with van der Waals surface area (Å²) in [4.78, 5) is 0. The molecule has 1 rings (SSSR count). The smallest absolute Gasteiger partial charge is 0.123 e. The van der Waals surface area contributed by atoms with Crippen molar-refractivity contribution in [3.05, 3.63) is 35.6 Å². The highest BCUT2D eigenvalue weighted by atomic mass is 19.1. The third-order valence-electron chi connectivity index (χ3n) is 1.42. The molecule has 3 N–H and O–H groups in total. The first-order valence-electron chi connectivity index (χ1n) is 3.28. The number of hydrogen-bond acceptors (Lipinski definition) is 0. The van der Waals surface area contributed by atoms with Crippen molar-refractivity contribution in [1.82, 2.24) is 0 Å². The zero-order valence-electron chi connectivity index (χ0n) is 5.97. The van der Waals surface area contributed by atoms with Gasteiger partial charge in [0.25, 0.3) is 0 Å². The normalized spacial score (nSPS) is 13.1. The summed E-state index contributed by atoms with van der Waals surface area (Å²) in [5.41, 5.74) is 4.73. The number of halogens is 1. The van der Waals surface area contributed by atoms with Gasteiger partial charge in [0, 0.05) is 5.56 Å². The Morgan fingerprint density at radius 1 is 1.50 bits per heavy atom. The number of benzene rings is 1. The van der Waals surface area contributed by atoms with Crippen molar-refractivity contribution in [3.8, 4) is 0 Å². The lowest BCUT2D eigenvalue weighted by molar-refractivity contribution is -0.420. The van der Waals surface area contributed by atoms with Gasteiger partial charge in [-0.3, -0.25) is 0 Å². The van der Waals surface area contributed by atoms with Crippen molar-refractivity contribution >= 4 is 0 Å². The van der Waals surface area contributed by atoms with Crippen LogP contribution >= 0.6 is 0 Å². The lowest BCUT2D eigenvalue weighted by Gasteiger charge is -2.00. The Labute approximate surface area is 59.7 Å². The molecule has 2 heteroatoms. The topological polar surface area (TPSA) is 27.6 Å². The second-order valence-corrected chi connectivity index (χ2v) is 2.46. The van der Waals surface area contributed by atoms with Gasteiger partial charge in [-0.2, -0.15) is 0 Å². The van der Waals surface area contributed by atoms with Gasteiger partial charge in [0.05, 0.1) is 0 Å². The first-order chi connectivity index (χ1) is 4.70. The summed E-state index contributed by atoms with van der Waals surface area (Å²) < 4.78 is 12.5. The second-order valence-electron chi connectivity index (χ2n) is 2.46. The maximum absolute atomic E-state index is 12.5. The number of hydrogen-bond donors (Lipinski definition) is 1. The Hall–Kier alpha value is -0.890. The quantitative estimate of drug-likeness (QED) is 0.605. The minimum absolute atomic E-state index is 0.163. The van der Waals surface area contributed by atoms with Crippen LogP contribution in [0.2, 0.25) is 0 Å². The van der Waals surface area contributed by atoms with E-state index < -0.39 is 0 Å². The maximum Gasteiger partial charge on any atom is 0.123 e. The van der Waals surface area contributed by atoms with Crippen molar-refractivity contribution in [2.75, 3.05) is 0 Å². The van der Waals surface area contributed by atoms with Crippen LogP contribution in [-0.4, -0.2) is 0 Å². The van der Waals surface area contributed by atoms with Crippen molar-refractivity contribution < 1.29 is 10.1 Å². The Bertz CT molecular complexity index is 220. The van der Waals surface area contributed by atoms with Gasteiger partial charge in [0.2, 0.25) is 0 Å². The van der Waals surface area contributed by atoms with Crippen molar-refractivity contribution in [3.63, 3.8) is 0 Å². The van der Waals surface area contributed by atoms with E-state index in [4.69, 9.17) is 0 Å². The van der Waals surface area contributed by atoms with Crippen LogP contribution in [0.3, 0.4) is 0 Å². The van der Waals surface area contributed by atoms with Gasteiger partial charge in [0.15, 0.2) is 0 Å². The second kappa shape index (κ2) is 2.80. The largest absolute Gasteiger partial charge is 0.352 e. The predicted molar refractivity (Wildman–Crippen MR) is 37.7 cm³/mol. The molecule has 1 aromatic carbocycles. The van der Waals surface area contributed by atoms with Crippen molar-refractivity contribution in [2.24, 2.45) is 0 Å². The van der Waals surface area contributed by atoms with Gasteiger partial charge >= 0.3 is 0 Å². The molecule has 0 saturated heterocycles. The summed E-state index contributed by atoms with van der Waals surface area (Å²) in [6, 6.07) is 6.69. The monoisotopic (exact) mass is 140 g/mol. The average Bonchev–Trinajstić information content (AvgIpc) is 1.88. The van der Waals surface area contributed by atoms with E-state index in [9.17, 15) is 4.39 Å². The van der Waals surface area contributed by atoms with E-state index in [1.807, 2.05) is 13.0 Å². The molecule has 0 aliphatic rings. The molecule has 0 radical (unpaired) electrons. The third kappa shape index (κ3) is 1.54. The van der Waals surface area contributed by atoms with Crippen LogP contribution in [0.15, 0.2) is 24.3 Å². The van der Waals surface area contributed by atoms with Gasteiger partial charge in [-0.05, 0) is 19.1 Å². The molecular weight excluding hydrogens is 129 g/mol. The molecule has 0 unspecified atom stereocenters. The molecule has 0 amide bonds. The van der Waals surface area contributed by atoms with Gasteiger partial charge in [0.1, 0.15) is 11.9 Å². The fraction of sp³-hybridized carbons (Fsp3) is 0.250. The molecule has 0 aromatic heterocycles. The zero-order valence-corrected chi connectivity index (χ0v) is 5.97. The summed E-state index contributed by atoms with van der Waals surface area (Å²) >= 11 is 0. The Morgan fingerprint density at radius 3 is 2.60 bits per heavy atom. The molecule has 0 fully saturated rings. The molecule has 1 nitrogen and oxygen atoms in total. The van der Waals surface area contributed by atoms with Gasteiger partial charge in [-0.1, -0.05) is 12.1 Å². The Kier molecular flexibility index (Phi) is 2.02. The minimum atomic E-state index is -0.187. The van der Waals surface area contributed by atoms with Crippen LogP contribution in [0.25, 0.3) is 0 Å². The van der Waals surface area contributed by atoms with Gasteiger partial charge in [-0.15, -0.1) is 0 Å². The summed E-state index contributed by atoms with van der Waals surface area (Å²) in [5, 5.41) is 0. The first-order valence-corrected chi connectivity index (χ1v) is 3.28. The molecule has 0 spiro atoms. The van der Waals surface area contributed by atoms with E-state index in [1.165, 1.54) is 12.1 Å². The molecule has 54 valence electrons. The highest BCUT2D eigenvalue weighted by molar-refractivity contribution is 5.17. The molecule has 10 heavy (non-hydrogen) atoms. The zero-order chi connectivity index (χ0) is 7.56. The summed E-state index contributed by atoms with van der Waals surface area (Å²) in [6.45, 7) is 1.94. The lowest BCUT2D eigenvalue weighted by atomic mass is 10.1. The molecule has 1 aromatic rings. The molecule has 0 aliphatic carbocycles. The Balaban J connectivity index is 2.96. The van der Waals surface area contributed by atoms with E-state index in [1.54, 1.807) is 6.07 Å². The fourth-order valence-corrected chi connectivity index (χ4v) is 0.813. The minimum Gasteiger partial charge on any atom is -0.352 e. The predicted octanol–water partition coefficient (Wildman–Crippen LogP) is 1.13. The van der Waals surface area contributed by atoms with E-state index in [2.05, 4.69) is 5.73 Å². The standard InChI is InChI=1S/C8H10FN/c1-6(10)7-3-2-4-8(9)5-7/h2-6H,10H2,1H3/p+1/t6-/m0/s1. The highest BCUT2D eigenvalue weighted by Crippen LogP contribution is 2.08. The first kappa shape index (κ1) is 7.22. The van der Waals surface area contributed by atoms with E-state index in [0.717, 1.165) is 5.56 Å². The molecule has 0 bridgehead atoms. The van der Waals surface area contributed by atoms with Gasteiger partial charge < -0.3 is 5.73 Å². The third-order valence-corrected chi connectivity index (χ3v) is 1.42. The molecule has 0 saturated carbocycles. The maximum atomic E-state index is 12.5. The van der Waals surface area contributed by atoms with Crippen LogP contribution in [0.4, 0.5) is 4.39 Å². The van der Waals surface area contributed by atoms with Crippen LogP contribution in [0, 0.1) is 5.82 Å². The average molecular weight is 140 g/mol.